The smallest absolute Gasteiger partial charge is 0.248 e. The van der Waals surface area contributed by atoms with Gasteiger partial charge in [-0.15, -0.1) is 0 Å². The van der Waals surface area contributed by atoms with Gasteiger partial charge >= 0.3 is 0 Å². The van der Waals surface area contributed by atoms with Gasteiger partial charge in [-0.3, -0.25) is 14.6 Å². The molecule has 0 saturated carbocycles. The van der Waals surface area contributed by atoms with Crippen molar-refractivity contribution in [2.75, 3.05) is 0 Å². The maximum Gasteiger partial charge on any atom is 0.248 e. The molecule has 1 aromatic rings. The maximum absolute atomic E-state index is 12.5. The minimum atomic E-state index is -0.838. The molecule has 0 aromatic carbocycles. The Bertz CT molecular complexity index is 485. The molecule has 2 amide bonds. The SMILES string of the molecule is CCC1C(=O)NC(C)(C)C(=O)N1Cc1ccncc1. The van der Waals surface area contributed by atoms with Crippen LogP contribution in [0.4, 0.5) is 0 Å². The highest BCUT2D eigenvalue weighted by atomic mass is 16.2. The molecule has 1 unspecified atom stereocenters. The lowest BCUT2D eigenvalue weighted by Crippen LogP contribution is -2.67. The standard InChI is InChI=1S/C14H19N3O2/c1-4-11-12(18)16-14(2,3)13(19)17(11)9-10-5-7-15-8-6-10/h5-8,11H,4,9H2,1-3H3,(H,16,18). The molecule has 1 aliphatic heterocycles. The van der Waals surface area contributed by atoms with E-state index in [0.29, 0.717) is 13.0 Å². The molecule has 0 bridgehead atoms. The predicted molar refractivity (Wildman–Crippen MR) is 71.1 cm³/mol. The summed E-state index contributed by atoms with van der Waals surface area (Å²) in [6.45, 7) is 5.82. The summed E-state index contributed by atoms with van der Waals surface area (Å²) in [5, 5.41) is 2.78. The number of hydrogen-bond donors (Lipinski definition) is 1. The Morgan fingerprint density at radius 1 is 1.32 bits per heavy atom. The normalized spacial score (nSPS) is 22.3. The summed E-state index contributed by atoms with van der Waals surface area (Å²) < 4.78 is 0. The van der Waals surface area contributed by atoms with Crippen LogP contribution in [0.2, 0.25) is 0 Å². The van der Waals surface area contributed by atoms with Gasteiger partial charge in [0.2, 0.25) is 11.8 Å². The summed E-state index contributed by atoms with van der Waals surface area (Å²) in [6, 6.07) is 3.33. The van der Waals surface area contributed by atoms with Crippen LogP contribution in [-0.2, 0) is 16.1 Å². The van der Waals surface area contributed by atoms with Crippen molar-refractivity contribution in [1.82, 2.24) is 15.2 Å². The van der Waals surface area contributed by atoms with Crippen molar-refractivity contribution in [2.45, 2.75) is 45.3 Å². The fraction of sp³-hybridized carbons (Fsp3) is 0.500. The van der Waals surface area contributed by atoms with Gasteiger partial charge in [-0.25, -0.2) is 0 Å². The number of nitrogens with one attached hydrogen (secondary N) is 1. The second kappa shape index (κ2) is 4.99. The second-order valence-corrected chi connectivity index (χ2v) is 5.33. The minimum absolute atomic E-state index is 0.0456. The number of rotatable bonds is 3. The highest BCUT2D eigenvalue weighted by Crippen LogP contribution is 2.22. The van der Waals surface area contributed by atoms with E-state index in [1.165, 1.54) is 0 Å². The molecule has 1 aromatic heterocycles. The third-order valence-electron chi connectivity index (χ3n) is 3.40. The van der Waals surface area contributed by atoms with Crippen LogP contribution in [-0.4, -0.2) is 33.3 Å². The van der Waals surface area contributed by atoms with Gasteiger partial charge in [0.15, 0.2) is 0 Å². The Balaban J connectivity index is 2.28. The number of carbonyl (C=O) groups is 2. The lowest BCUT2D eigenvalue weighted by Gasteiger charge is -2.42. The molecule has 0 aliphatic carbocycles. The number of amides is 2. The van der Waals surface area contributed by atoms with Crippen LogP contribution in [0.1, 0.15) is 32.8 Å². The maximum atomic E-state index is 12.5. The first-order valence-corrected chi connectivity index (χ1v) is 6.47. The molecule has 1 N–H and O–H groups in total. The van der Waals surface area contributed by atoms with Crippen molar-refractivity contribution in [2.24, 2.45) is 0 Å². The van der Waals surface area contributed by atoms with Gasteiger partial charge in [0.05, 0.1) is 0 Å². The molecule has 2 heterocycles. The van der Waals surface area contributed by atoms with Gasteiger partial charge in [-0.1, -0.05) is 6.92 Å². The van der Waals surface area contributed by atoms with Crippen molar-refractivity contribution in [3.05, 3.63) is 30.1 Å². The quantitative estimate of drug-likeness (QED) is 0.886. The third-order valence-corrected chi connectivity index (χ3v) is 3.40. The highest BCUT2D eigenvalue weighted by molar-refractivity contribution is 5.99. The fourth-order valence-corrected chi connectivity index (χ4v) is 2.36. The predicted octanol–water partition coefficient (Wildman–Crippen LogP) is 1.10. The molecular weight excluding hydrogens is 242 g/mol. The van der Waals surface area contributed by atoms with Crippen molar-refractivity contribution >= 4 is 11.8 Å². The number of piperazine rings is 1. The van der Waals surface area contributed by atoms with E-state index < -0.39 is 11.6 Å². The molecule has 5 heteroatoms. The lowest BCUT2D eigenvalue weighted by atomic mass is 9.95. The molecule has 1 saturated heterocycles. The largest absolute Gasteiger partial charge is 0.340 e. The number of aromatic nitrogens is 1. The van der Waals surface area contributed by atoms with Gasteiger partial charge in [0.25, 0.3) is 0 Å². The van der Waals surface area contributed by atoms with Gasteiger partial charge in [-0.2, -0.15) is 0 Å². The van der Waals surface area contributed by atoms with E-state index in [4.69, 9.17) is 0 Å². The van der Waals surface area contributed by atoms with Crippen molar-refractivity contribution in [1.29, 1.82) is 0 Å². The van der Waals surface area contributed by atoms with Crippen LogP contribution in [0.5, 0.6) is 0 Å². The zero-order valence-corrected chi connectivity index (χ0v) is 11.5. The minimum Gasteiger partial charge on any atom is -0.340 e. The molecule has 2 rings (SSSR count). The van der Waals surface area contributed by atoms with E-state index in [1.807, 2.05) is 19.1 Å². The Morgan fingerprint density at radius 2 is 1.95 bits per heavy atom. The van der Waals surface area contributed by atoms with E-state index in [9.17, 15) is 9.59 Å². The van der Waals surface area contributed by atoms with E-state index >= 15 is 0 Å². The molecule has 1 atom stereocenters. The third kappa shape index (κ3) is 2.59. The first-order chi connectivity index (χ1) is 8.95. The molecule has 1 aliphatic rings. The van der Waals surface area contributed by atoms with Gasteiger partial charge in [-0.05, 0) is 38.0 Å². The average molecular weight is 261 g/mol. The zero-order valence-electron chi connectivity index (χ0n) is 11.5. The molecule has 1 fully saturated rings. The molecule has 19 heavy (non-hydrogen) atoms. The van der Waals surface area contributed by atoms with Crippen LogP contribution in [0, 0.1) is 0 Å². The van der Waals surface area contributed by atoms with Gasteiger partial charge in [0, 0.05) is 18.9 Å². The van der Waals surface area contributed by atoms with Crippen molar-refractivity contribution < 1.29 is 9.59 Å². The van der Waals surface area contributed by atoms with Crippen LogP contribution >= 0.6 is 0 Å². The number of nitrogens with zero attached hydrogens (tertiary/aromatic N) is 2. The van der Waals surface area contributed by atoms with E-state index in [1.54, 1.807) is 31.1 Å². The number of carbonyl (C=O) groups excluding carboxylic acids is 2. The van der Waals surface area contributed by atoms with Crippen LogP contribution < -0.4 is 5.32 Å². The molecular formula is C14H19N3O2. The Hall–Kier alpha value is -1.91. The second-order valence-electron chi connectivity index (χ2n) is 5.33. The highest BCUT2D eigenvalue weighted by Gasteiger charge is 2.44. The summed E-state index contributed by atoms with van der Waals surface area (Å²) in [7, 11) is 0. The van der Waals surface area contributed by atoms with E-state index in [0.717, 1.165) is 5.56 Å². The Kier molecular flexibility index (Phi) is 3.55. The van der Waals surface area contributed by atoms with Crippen LogP contribution in [0.25, 0.3) is 0 Å². The molecule has 102 valence electrons. The van der Waals surface area contributed by atoms with Crippen LogP contribution in [0.3, 0.4) is 0 Å². The van der Waals surface area contributed by atoms with Crippen LogP contribution in [0.15, 0.2) is 24.5 Å². The molecule has 5 nitrogen and oxygen atoms in total. The van der Waals surface area contributed by atoms with Crippen molar-refractivity contribution in [3.63, 3.8) is 0 Å². The summed E-state index contributed by atoms with van der Waals surface area (Å²) in [4.78, 5) is 30.2. The topological polar surface area (TPSA) is 62.3 Å². The fourth-order valence-electron chi connectivity index (χ4n) is 2.36. The summed E-state index contributed by atoms with van der Waals surface area (Å²) in [5.41, 5.74) is 0.141. The Morgan fingerprint density at radius 3 is 2.53 bits per heavy atom. The van der Waals surface area contributed by atoms with E-state index in [2.05, 4.69) is 10.3 Å². The number of pyridine rings is 1. The van der Waals surface area contributed by atoms with Gasteiger partial charge in [0.1, 0.15) is 11.6 Å². The first-order valence-electron chi connectivity index (χ1n) is 6.47. The zero-order chi connectivity index (χ0) is 14.0. The number of hydrogen-bond acceptors (Lipinski definition) is 3. The molecule has 0 radical (unpaired) electrons. The Labute approximate surface area is 113 Å². The lowest BCUT2D eigenvalue weighted by molar-refractivity contribution is -0.154. The monoisotopic (exact) mass is 261 g/mol. The first kappa shape index (κ1) is 13.5. The van der Waals surface area contributed by atoms with Gasteiger partial charge < -0.3 is 10.2 Å². The average Bonchev–Trinajstić information content (AvgIpc) is 2.37. The summed E-state index contributed by atoms with van der Waals surface area (Å²) in [5.74, 6) is -0.128. The summed E-state index contributed by atoms with van der Waals surface area (Å²) in [6.07, 6.45) is 3.99. The van der Waals surface area contributed by atoms with E-state index in [-0.39, 0.29) is 11.8 Å². The molecule has 0 spiro atoms. The van der Waals surface area contributed by atoms with Crippen molar-refractivity contribution in [3.8, 4) is 0 Å². The summed E-state index contributed by atoms with van der Waals surface area (Å²) >= 11 is 0.